The first-order valence-electron chi connectivity index (χ1n) is 10.0. The summed E-state index contributed by atoms with van der Waals surface area (Å²) in [6.45, 7) is 4.61. The van der Waals surface area contributed by atoms with E-state index in [2.05, 4.69) is 20.4 Å². The Kier molecular flexibility index (Phi) is 6.01. The molecule has 1 N–H and O–H groups in total. The molecule has 0 aliphatic carbocycles. The van der Waals surface area contributed by atoms with Crippen LogP contribution in [-0.4, -0.2) is 66.4 Å². The van der Waals surface area contributed by atoms with Gasteiger partial charge in [0.1, 0.15) is 5.82 Å². The third kappa shape index (κ3) is 4.78. The van der Waals surface area contributed by atoms with E-state index in [0.717, 1.165) is 56.3 Å². The maximum absolute atomic E-state index is 12.5. The van der Waals surface area contributed by atoms with Crippen LogP contribution in [0.2, 0.25) is 0 Å². The van der Waals surface area contributed by atoms with E-state index in [9.17, 15) is 4.79 Å². The topological polar surface area (TPSA) is 70.6 Å². The number of amides is 1. The third-order valence-electron chi connectivity index (χ3n) is 5.34. The predicted molar refractivity (Wildman–Crippen MR) is 108 cm³/mol. The lowest BCUT2D eigenvalue weighted by Crippen LogP contribution is -2.49. The number of carbonyl (C=O) groups is 1. The summed E-state index contributed by atoms with van der Waals surface area (Å²) in [6, 6.07) is 13.9. The largest absolute Gasteiger partial charge is 0.376 e. The molecule has 1 unspecified atom stereocenters. The van der Waals surface area contributed by atoms with Crippen molar-refractivity contribution in [2.24, 2.45) is 0 Å². The minimum Gasteiger partial charge on any atom is -0.376 e. The molecule has 2 aliphatic heterocycles. The van der Waals surface area contributed by atoms with E-state index in [1.54, 1.807) is 0 Å². The molecule has 1 aromatic heterocycles. The molecule has 1 amide bonds. The average molecular weight is 381 g/mol. The summed E-state index contributed by atoms with van der Waals surface area (Å²) in [5.74, 6) is 1.82. The maximum Gasteiger partial charge on any atom is 0.227 e. The fourth-order valence-electron chi connectivity index (χ4n) is 3.68. The van der Waals surface area contributed by atoms with Gasteiger partial charge in [0.15, 0.2) is 5.82 Å². The maximum atomic E-state index is 12.5. The number of hydrogen-bond donors (Lipinski definition) is 1. The van der Waals surface area contributed by atoms with Gasteiger partial charge in [0.05, 0.1) is 12.5 Å². The van der Waals surface area contributed by atoms with Crippen LogP contribution in [0.4, 0.5) is 11.6 Å². The van der Waals surface area contributed by atoms with Gasteiger partial charge in [-0.25, -0.2) is 0 Å². The summed E-state index contributed by atoms with van der Waals surface area (Å²) >= 11 is 0. The summed E-state index contributed by atoms with van der Waals surface area (Å²) in [6.07, 6.45) is 2.98. The van der Waals surface area contributed by atoms with Gasteiger partial charge in [0.2, 0.25) is 5.91 Å². The van der Waals surface area contributed by atoms with Crippen LogP contribution in [0.1, 0.15) is 18.4 Å². The molecule has 4 rings (SSSR count). The zero-order valence-electron chi connectivity index (χ0n) is 16.1. The van der Waals surface area contributed by atoms with Crippen LogP contribution in [0.25, 0.3) is 0 Å². The Hall–Kier alpha value is -2.67. The summed E-state index contributed by atoms with van der Waals surface area (Å²) in [5, 5.41) is 11.9. The van der Waals surface area contributed by atoms with E-state index in [1.165, 1.54) is 0 Å². The standard InChI is InChI=1S/C21H27N5O2/c27-21(15-17-5-2-1-3-6-17)26-12-10-25(11-13-26)20-9-8-19(23-24-20)22-16-18-7-4-14-28-18/h1-3,5-6,8-9,18H,4,7,10-16H2,(H,22,23). The van der Waals surface area contributed by atoms with E-state index in [-0.39, 0.29) is 12.0 Å². The number of anilines is 2. The smallest absolute Gasteiger partial charge is 0.227 e. The second-order valence-electron chi connectivity index (χ2n) is 7.32. The number of carbonyl (C=O) groups excluding carboxylic acids is 1. The number of hydrogen-bond acceptors (Lipinski definition) is 6. The number of nitrogens with one attached hydrogen (secondary N) is 1. The van der Waals surface area contributed by atoms with Gasteiger partial charge in [-0.15, -0.1) is 10.2 Å². The molecule has 1 aromatic carbocycles. The number of piperazine rings is 1. The lowest BCUT2D eigenvalue weighted by molar-refractivity contribution is -0.130. The van der Waals surface area contributed by atoms with Crippen LogP contribution >= 0.6 is 0 Å². The number of aromatic nitrogens is 2. The molecular formula is C21H27N5O2. The monoisotopic (exact) mass is 381 g/mol. The van der Waals surface area contributed by atoms with Gasteiger partial charge in [-0.3, -0.25) is 4.79 Å². The predicted octanol–water partition coefficient (Wildman–Crippen LogP) is 1.96. The molecule has 0 radical (unpaired) electrons. The van der Waals surface area contributed by atoms with Crippen LogP contribution in [0.5, 0.6) is 0 Å². The van der Waals surface area contributed by atoms with Gasteiger partial charge in [0, 0.05) is 39.3 Å². The van der Waals surface area contributed by atoms with Crippen molar-refractivity contribution in [3.63, 3.8) is 0 Å². The van der Waals surface area contributed by atoms with Gasteiger partial charge in [-0.05, 0) is 30.5 Å². The van der Waals surface area contributed by atoms with Gasteiger partial charge in [-0.1, -0.05) is 30.3 Å². The highest BCUT2D eigenvalue weighted by molar-refractivity contribution is 5.79. The second kappa shape index (κ2) is 9.01. The first-order valence-corrected chi connectivity index (χ1v) is 10.0. The molecule has 0 saturated carbocycles. The lowest BCUT2D eigenvalue weighted by Gasteiger charge is -2.35. The Morgan fingerprint density at radius 1 is 1.07 bits per heavy atom. The van der Waals surface area contributed by atoms with Crippen LogP contribution < -0.4 is 10.2 Å². The highest BCUT2D eigenvalue weighted by atomic mass is 16.5. The molecule has 28 heavy (non-hydrogen) atoms. The number of nitrogens with zero attached hydrogens (tertiary/aromatic N) is 4. The Morgan fingerprint density at radius 2 is 1.89 bits per heavy atom. The van der Waals surface area contributed by atoms with Crippen LogP contribution in [0.15, 0.2) is 42.5 Å². The van der Waals surface area contributed by atoms with Crippen molar-refractivity contribution in [1.29, 1.82) is 0 Å². The molecule has 0 bridgehead atoms. The van der Waals surface area contributed by atoms with Crippen molar-refractivity contribution in [3.05, 3.63) is 48.0 Å². The SMILES string of the molecule is O=C(Cc1ccccc1)N1CCN(c2ccc(NCC3CCCO3)nn2)CC1. The van der Waals surface area contributed by atoms with E-state index in [0.29, 0.717) is 19.5 Å². The van der Waals surface area contributed by atoms with Crippen molar-refractivity contribution >= 4 is 17.5 Å². The summed E-state index contributed by atoms with van der Waals surface area (Å²) in [4.78, 5) is 16.6. The summed E-state index contributed by atoms with van der Waals surface area (Å²) in [7, 11) is 0. The minimum absolute atomic E-state index is 0.186. The van der Waals surface area contributed by atoms with E-state index >= 15 is 0 Å². The Labute approximate surface area is 165 Å². The number of benzene rings is 1. The molecule has 7 nitrogen and oxygen atoms in total. The molecule has 2 aliphatic rings. The molecule has 2 fully saturated rings. The summed E-state index contributed by atoms with van der Waals surface area (Å²) in [5.41, 5.74) is 1.06. The van der Waals surface area contributed by atoms with Crippen LogP contribution in [0, 0.1) is 0 Å². The Morgan fingerprint density at radius 3 is 2.57 bits per heavy atom. The normalized spacial score (nSPS) is 19.6. The molecule has 7 heteroatoms. The van der Waals surface area contributed by atoms with Crippen LogP contribution in [0.3, 0.4) is 0 Å². The molecule has 0 spiro atoms. The van der Waals surface area contributed by atoms with E-state index < -0.39 is 0 Å². The molecule has 1 atom stereocenters. The summed E-state index contributed by atoms with van der Waals surface area (Å²) < 4.78 is 5.61. The first kappa shape index (κ1) is 18.7. The Balaban J connectivity index is 1.24. The zero-order chi connectivity index (χ0) is 19.2. The van der Waals surface area contributed by atoms with Crippen molar-refractivity contribution in [2.45, 2.75) is 25.4 Å². The van der Waals surface area contributed by atoms with E-state index in [1.807, 2.05) is 47.4 Å². The molecule has 148 valence electrons. The Bertz CT molecular complexity index is 754. The third-order valence-corrected chi connectivity index (χ3v) is 5.34. The van der Waals surface area contributed by atoms with Gasteiger partial charge in [-0.2, -0.15) is 0 Å². The highest BCUT2D eigenvalue weighted by Crippen LogP contribution is 2.16. The van der Waals surface area contributed by atoms with Crippen molar-refractivity contribution in [3.8, 4) is 0 Å². The van der Waals surface area contributed by atoms with Gasteiger partial charge < -0.3 is 19.9 Å². The zero-order valence-corrected chi connectivity index (χ0v) is 16.1. The molecule has 2 saturated heterocycles. The number of ether oxygens (including phenoxy) is 1. The van der Waals surface area contributed by atoms with Crippen molar-refractivity contribution in [1.82, 2.24) is 15.1 Å². The minimum atomic E-state index is 0.186. The van der Waals surface area contributed by atoms with Gasteiger partial charge >= 0.3 is 0 Å². The van der Waals surface area contributed by atoms with E-state index in [4.69, 9.17) is 4.74 Å². The lowest BCUT2D eigenvalue weighted by atomic mass is 10.1. The second-order valence-corrected chi connectivity index (χ2v) is 7.32. The average Bonchev–Trinajstić information content (AvgIpc) is 3.27. The van der Waals surface area contributed by atoms with Gasteiger partial charge in [0.25, 0.3) is 0 Å². The molecule has 3 heterocycles. The first-order chi connectivity index (χ1) is 13.8. The molecular weight excluding hydrogens is 354 g/mol. The number of rotatable bonds is 6. The quantitative estimate of drug-likeness (QED) is 0.825. The van der Waals surface area contributed by atoms with Crippen molar-refractivity contribution in [2.75, 3.05) is 49.5 Å². The fraction of sp³-hybridized carbons (Fsp3) is 0.476. The molecule has 2 aromatic rings. The fourth-order valence-corrected chi connectivity index (χ4v) is 3.68. The van der Waals surface area contributed by atoms with Crippen molar-refractivity contribution < 1.29 is 9.53 Å². The van der Waals surface area contributed by atoms with Crippen LogP contribution in [-0.2, 0) is 16.0 Å². The highest BCUT2D eigenvalue weighted by Gasteiger charge is 2.22.